The zero-order chi connectivity index (χ0) is 15.0. The summed E-state index contributed by atoms with van der Waals surface area (Å²) in [6, 6.07) is 9.05. The molecule has 2 nitrogen and oxygen atoms in total. The number of nitrogens with zero attached hydrogens (tertiary/aromatic N) is 1. The Kier molecular flexibility index (Phi) is 23.7. The van der Waals surface area contributed by atoms with Crippen molar-refractivity contribution in [3.63, 3.8) is 0 Å². The van der Waals surface area contributed by atoms with E-state index in [-0.39, 0.29) is 55.0 Å². The van der Waals surface area contributed by atoms with E-state index in [0.29, 0.717) is 5.92 Å². The van der Waals surface area contributed by atoms with Crippen LogP contribution in [0, 0.1) is 0 Å². The maximum absolute atomic E-state index is 5.40. The standard InChI is InChI=1S/C11H16O.C7H15N.3CH4.Y/c1-4-12-11-7-5-6-10(8-11)9(2)3;1-7(2)8-5-3-4-6-8;;;;/h5-9H,4H2,1-3H3;7H,3-6H2,1-2H3;3*1H4;. The third-order valence-corrected chi connectivity index (χ3v) is 3.71. The minimum absolute atomic E-state index is 0. The van der Waals surface area contributed by atoms with Gasteiger partial charge in [-0.2, -0.15) is 0 Å². The van der Waals surface area contributed by atoms with Crippen LogP contribution in [0.5, 0.6) is 5.75 Å². The second kappa shape index (κ2) is 17.9. The van der Waals surface area contributed by atoms with Crippen LogP contribution in [0.2, 0.25) is 0 Å². The molecule has 1 saturated heterocycles. The average molecular weight is 414 g/mol. The molecule has 0 amide bonds. The van der Waals surface area contributed by atoms with E-state index in [0.717, 1.165) is 18.4 Å². The first-order valence-corrected chi connectivity index (χ1v) is 8.01. The van der Waals surface area contributed by atoms with Crippen molar-refractivity contribution in [1.29, 1.82) is 0 Å². The number of rotatable bonds is 4. The Hall–Kier alpha value is 0.0839. The summed E-state index contributed by atoms with van der Waals surface area (Å²) in [6.45, 7) is 14.3. The minimum Gasteiger partial charge on any atom is -0.494 e. The predicted octanol–water partition coefficient (Wildman–Crippen LogP) is 6.61. The first kappa shape index (κ1) is 31.8. The Labute approximate surface area is 178 Å². The van der Waals surface area contributed by atoms with Gasteiger partial charge in [0.15, 0.2) is 0 Å². The summed E-state index contributed by atoms with van der Waals surface area (Å²) in [5.74, 6) is 1.55. The van der Waals surface area contributed by atoms with E-state index in [1.165, 1.54) is 31.5 Å². The van der Waals surface area contributed by atoms with Crippen molar-refractivity contribution in [2.24, 2.45) is 0 Å². The summed E-state index contributed by atoms with van der Waals surface area (Å²) >= 11 is 0. The monoisotopic (exact) mass is 414 g/mol. The van der Waals surface area contributed by atoms with E-state index in [1.54, 1.807) is 0 Å². The van der Waals surface area contributed by atoms with Gasteiger partial charge in [0.05, 0.1) is 6.61 Å². The van der Waals surface area contributed by atoms with Crippen molar-refractivity contribution in [3.8, 4) is 5.75 Å². The van der Waals surface area contributed by atoms with Crippen LogP contribution < -0.4 is 4.74 Å². The molecule has 1 aromatic rings. The van der Waals surface area contributed by atoms with Gasteiger partial charge < -0.3 is 9.64 Å². The molecular weight excluding hydrogens is 371 g/mol. The van der Waals surface area contributed by atoms with Crippen molar-refractivity contribution in [1.82, 2.24) is 4.90 Å². The van der Waals surface area contributed by atoms with Crippen LogP contribution in [0.25, 0.3) is 0 Å². The molecule has 0 aliphatic carbocycles. The zero-order valence-electron chi connectivity index (χ0n) is 14.4. The molecule has 0 spiro atoms. The molecule has 2 rings (SSSR count). The molecule has 3 heteroatoms. The molecule has 0 bridgehead atoms. The van der Waals surface area contributed by atoms with Crippen LogP contribution in [-0.4, -0.2) is 30.6 Å². The van der Waals surface area contributed by atoms with Crippen molar-refractivity contribution in [2.45, 2.75) is 81.7 Å². The number of hydrogen-bond acceptors (Lipinski definition) is 2. The second-order valence-electron chi connectivity index (χ2n) is 6.00. The van der Waals surface area contributed by atoms with Gasteiger partial charge in [0.2, 0.25) is 0 Å². The van der Waals surface area contributed by atoms with Crippen LogP contribution in [0.15, 0.2) is 24.3 Å². The van der Waals surface area contributed by atoms with Gasteiger partial charge >= 0.3 is 0 Å². The van der Waals surface area contributed by atoms with E-state index >= 15 is 0 Å². The van der Waals surface area contributed by atoms with E-state index in [2.05, 4.69) is 44.7 Å². The molecule has 1 aromatic carbocycles. The Balaban J connectivity index is -0.000000150. The molecule has 0 atom stereocenters. The molecule has 0 N–H and O–H groups in total. The fourth-order valence-corrected chi connectivity index (χ4v) is 2.39. The molecule has 1 aliphatic heterocycles. The molecule has 24 heavy (non-hydrogen) atoms. The van der Waals surface area contributed by atoms with Gasteiger partial charge in [-0.25, -0.2) is 0 Å². The predicted molar refractivity (Wildman–Crippen MR) is 108 cm³/mol. The summed E-state index contributed by atoms with van der Waals surface area (Å²) in [6.07, 6.45) is 2.83. The fraction of sp³-hybridized carbons (Fsp3) is 0.714. The van der Waals surface area contributed by atoms with Gasteiger partial charge in [0.1, 0.15) is 5.75 Å². The minimum atomic E-state index is 0. The topological polar surface area (TPSA) is 12.5 Å². The van der Waals surface area contributed by atoms with Gasteiger partial charge in [-0.05, 0) is 70.3 Å². The first-order valence-electron chi connectivity index (χ1n) is 8.01. The van der Waals surface area contributed by atoms with Gasteiger partial charge in [0.25, 0.3) is 0 Å². The van der Waals surface area contributed by atoms with Crippen molar-refractivity contribution < 1.29 is 37.4 Å². The average Bonchev–Trinajstić information content (AvgIpc) is 2.94. The van der Waals surface area contributed by atoms with E-state index < -0.39 is 0 Å². The van der Waals surface area contributed by atoms with Gasteiger partial charge in [-0.1, -0.05) is 48.3 Å². The van der Waals surface area contributed by atoms with Crippen molar-refractivity contribution in [2.75, 3.05) is 19.7 Å². The van der Waals surface area contributed by atoms with Crippen LogP contribution in [0.3, 0.4) is 0 Å². The SMILES string of the molecule is C.C.C.CC(C)N1CCCC1.CCOc1cccc(C(C)C)c1.[Y]. The zero-order valence-corrected chi connectivity index (χ0v) is 17.3. The summed E-state index contributed by atoms with van der Waals surface area (Å²) < 4.78 is 5.40. The quantitative estimate of drug-likeness (QED) is 0.550. The Bertz CT molecular complexity index is 374. The van der Waals surface area contributed by atoms with Gasteiger partial charge in [-0.15, -0.1) is 0 Å². The van der Waals surface area contributed by atoms with Crippen molar-refractivity contribution in [3.05, 3.63) is 29.8 Å². The van der Waals surface area contributed by atoms with Crippen LogP contribution in [0.1, 0.15) is 81.2 Å². The molecule has 0 saturated carbocycles. The molecular formula is C21H43NOY. The van der Waals surface area contributed by atoms with Gasteiger partial charge in [-0.3, -0.25) is 0 Å². The van der Waals surface area contributed by atoms with E-state index in [4.69, 9.17) is 4.74 Å². The smallest absolute Gasteiger partial charge is 0.119 e. The molecule has 1 aliphatic rings. The summed E-state index contributed by atoms with van der Waals surface area (Å²) in [5, 5.41) is 0. The number of ether oxygens (including phenoxy) is 1. The third-order valence-electron chi connectivity index (χ3n) is 3.71. The maximum atomic E-state index is 5.40. The Morgan fingerprint density at radius 3 is 1.92 bits per heavy atom. The van der Waals surface area contributed by atoms with Crippen LogP contribution >= 0.6 is 0 Å². The van der Waals surface area contributed by atoms with Gasteiger partial charge in [0, 0.05) is 38.8 Å². The summed E-state index contributed by atoms with van der Waals surface area (Å²) in [7, 11) is 0. The van der Waals surface area contributed by atoms with Crippen molar-refractivity contribution >= 4 is 0 Å². The van der Waals surface area contributed by atoms with Crippen LogP contribution in [0.4, 0.5) is 0 Å². The Morgan fingerprint density at radius 2 is 1.54 bits per heavy atom. The summed E-state index contributed by atoms with van der Waals surface area (Å²) in [4.78, 5) is 2.53. The van der Waals surface area contributed by atoms with E-state index in [1.807, 2.05) is 19.1 Å². The number of likely N-dealkylation sites (tertiary alicyclic amines) is 1. The Morgan fingerprint density at radius 1 is 1.00 bits per heavy atom. The van der Waals surface area contributed by atoms with E-state index in [9.17, 15) is 0 Å². The molecule has 1 radical (unpaired) electrons. The largest absolute Gasteiger partial charge is 0.494 e. The molecule has 141 valence electrons. The normalized spacial score (nSPS) is 12.8. The molecule has 0 unspecified atom stereocenters. The summed E-state index contributed by atoms with van der Waals surface area (Å²) in [5.41, 5.74) is 1.33. The maximum Gasteiger partial charge on any atom is 0.119 e. The second-order valence-corrected chi connectivity index (χ2v) is 6.00. The first-order chi connectivity index (χ1) is 9.54. The number of hydrogen-bond donors (Lipinski definition) is 0. The number of benzene rings is 1. The molecule has 1 heterocycles. The third kappa shape index (κ3) is 12.4. The molecule has 1 fully saturated rings. The fourth-order valence-electron chi connectivity index (χ4n) is 2.39. The van der Waals surface area contributed by atoms with Crippen LogP contribution in [-0.2, 0) is 32.7 Å². The molecule has 0 aromatic heterocycles.